The molecule has 1 saturated carbocycles. The predicted molar refractivity (Wildman–Crippen MR) is 81.1 cm³/mol. The molecule has 1 atom stereocenters. The average Bonchev–Trinajstić information content (AvgIpc) is 2.61. The Morgan fingerprint density at radius 1 is 1.11 bits per heavy atom. The van der Waals surface area contributed by atoms with Crippen LogP contribution in [-0.4, -0.2) is 17.1 Å². The van der Waals surface area contributed by atoms with Gasteiger partial charge in [-0.15, -0.1) is 0 Å². The van der Waals surface area contributed by atoms with Crippen molar-refractivity contribution >= 4 is 11.8 Å². The van der Waals surface area contributed by atoms with E-state index in [2.05, 4.69) is 24.9 Å². The van der Waals surface area contributed by atoms with Gasteiger partial charge < -0.3 is 4.74 Å². The van der Waals surface area contributed by atoms with Crippen LogP contribution in [0.5, 0.6) is 0 Å². The van der Waals surface area contributed by atoms with E-state index in [9.17, 15) is 0 Å². The number of hydrogen-bond acceptors (Lipinski definition) is 2. The number of thioether (sulfide) groups is 1. The molecule has 1 nitrogen and oxygen atoms in total. The second-order valence-corrected chi connectivity index (χ2v) is 7.75. The van der Waals surface area contributed by atoms with Crippen molar-refractivity contribution in [3.8, 4) is 0 Å². The molecule has 2 aliphatic rings. The zero-order valence-corrected chi connectivity index (χ0v) is 12.7. The van der Waals surface area contributed by atoms with E-state index in [-0.39, 0.29) is 0 Å². The van der Waals surface area contributed by atoms with Gasteiger partial charge in [-0.3, -0.25) is 0 Å². The fourth-order valence-corrected chi connectivity index (χ4v) is 4.30. The largest absolute Gasteiger partial charge is 0.501 e. The van der Waals surface area contributed by atoms with Crippen LogP contribution in [0.3, 0.4) is 0 Å². The highest BCUT2D eigenvalue weighted by Crippen LogP contribution is 2.37. The smallest absolute Gasteiger partial charge is 0.0886 e. The first-order valence-electron chi connectivity index (χ1n) is 7.72. The minimum atomic E-state index is 0.474. The van der Waals surface area contributed by atoms with E-state index in [4.69, 9.17) is 4.74 Å². The third-order valence-corrected chi connectivity index (χ3v) is 5.89. The van der Waals surface area contributed by atoms with E-state index in [1.165, 1.54) is 70.0 Å². The molecule has 0 aromatic rings. The first kappa shape index (κ1) is 14.3. The normalized spacial score (nSPS) is 29.7. The van der Waals surface area contributed by atoms with Crippen LogP contribution in [0, 0.1) is 0 Å². The molecule has 1 unspecified atom stereocenters. The number of allylic oxidation sites excluding steroid dienone is 1. The molecule has 0 aromatic carbocycles. The topological polar surface area (TPSA) is 9.23 Å². The molecule has 0 amide bonds. The number of hydrogen-bond donors (Lipinski definition) is 0. The molecule has 0 bridgehead atoms. The molecule has 2 rings (SSSR count). The maximum absolute atomic E-state index is 5.81. The Kier molecular flexibility index (Phi) is 5.94. The molecule has 0 N–H and O–H groups in total. The second kappa shape index (κ2) is 7.47. The molecule has 0 spiro atoms. The minimum Gasteiger partial charge on any atom is -0.501 e. The second-order valence-electron chi connectivity index (χ2n) is 6.07. The van der Waals surface area contributed by atoms with Crippen molar-refractivity contribution in [3.05, 3.63) is 11.8 Å². The van der Waals surface area contributed by atoms with Gasteiger partial charge in [0.2, 0.25) is 0 Å². The lowest BCUT2D eigenvalue weighted by Gasteiger charge is -2.27. The molecule has 2 fully saturated rings. The van der Waals surface area contributed by atoms with Crippen LogP contribution in [0.25, 0.3) is 0 Å². The maximum Gasteiger partial charge on any atom is 0.0886 e. The van der Waals surface area contributed by atoms with Gasteiger partial charge in [0.25, 0.3) is 0 Å². The first-order valence-corrected chi connectivity index (χ1v) is 8.71. The lowest BCUT2D eigenvalue weighted by atomic mass is 9.96. The van der Waals surface area contributed by atoms with Gasteiger partial charge in [-0.25, -0.2) is 0 Å². The van der Waals surface area contributed by atoms with E-state index in [0.717, 1.165) is 6.61 Å². The van der Waals surface area contributed by atoms with Gasteiger partial charge in [0.05, 0.1) is 12.9 Å². The summed E-state index contributed by atoms with van der Waals surface area (Å²) in [5, 5.41) is 0. The van der Waals surface area contributed by atoms with Gasteiger partial charge in [0.15, 0.2) is 0 Å². The van der Waals surface area contributed by atoms with Crippen LogP contribution >= 0.6 is 11.8 Å². The van der Waals surface area contributed by atoms with Crippen LogP contribution in [-0.2, 0) is 4.74 Å². The van der Waals surface area contributed by atoms with Crippen molar-refractivity contribution in [2.75, 3.05) is 12.4 Å². The first-order chi connectivity index (χ1) is 8.79. The average molecular weight is 268 g/mol. The molecule has 1 saturated heterocycles. The summed E-state index contributed by atoms with van der Waals surface area (Å²) in [6.07, 6.45) is 15.6. The molecular weight excluding hydrogens is 240 g/mol. The minimum absolute atomic E-state index is 0.474. The summed E-state index contributed by atoms with van der Waals surface area (Å²) >= 11 is 2.17. The molecule has 104 valence electrons. The summed E-state index contributed by atoms with van der Waals surface area (Å²) in [4.78, 5) is 0. The van der Waals surface area contributed by atoms with Crippen LogP contribution < -0.4 is 0 Å². The zero-order valence-electron chi connectivity index (χ0n) is 11.9. The summed E-state index contributed by atoms with van der Waals surface area (Å²) < 4.78 is 6.28. The molecule has 1 aliphatic heterocycles. The van der Waals surface area contributed by atoms with Crippen LogP contribution in [0.4, 0.5) is 0 Å². The Bertz CT molecular complexity index is 256. The van der Waals surface area contributed by atoms with E-state index in [1.807, 2.05) is 0 Å². The predicted octanol–water partition coefficient (Wildman–Crippen LogP) is 5.31. The van der Waals surface area contributed by atoms with Gasteiger partial charge in [-0.1, -0.05) is 26.2 Å². The Hall–Kier alpha value is -0.110. The summed E-state index contributed by atoms with van der Waals surface area (Å²) in [5.74, 6) is 1.34. The molecule has 0 aromatic heterocycles. The third-order valence-electron chi connectivity index (χ3n) is 4.30. The van der Waals surface area contributed by atoms with E-state index in [1.54, 1.807) is 5.57 Å². The van der Waals surface area contributed by atoms with Gasteiger partial charge in [-0.2, -0.15) is 11.8 Å². The Balaban J connectivity index is 1.67. The Labute approximate surface area is 117 Å². The molecule has 18 heavy (non-hydrogen) atoms. The lowest BCUT2D eigenvalue weighted by Crippen LogP contribution is -2.21. The van der Waals surface area contributed by atoms with Crippen LogP contribution in [0.1, 0.15) is 71.1 Å². The highest BCUT2D eigenvalue weighted by atomic mass is 32.2. The highest BCUT2D eigenvalue weighted by molar-refractivity contribution is 8.00. The maximum atomic E-state index is 5.81. The standard InChI is InChI=1S/C16H28OS/c1-16(10-6-3-7-13-18-16)11-12-17-14-15-8-4-2-5-9-15/h14H,2-13H2,1H3. The SMILES string of the molecule is CC1(CCOC=C2CCCCC2)CCCCCS1. The fourth-order valence-electron chi connectivity index (χ4n) is 2.94. The van der Waals surface area contributed by atoms with Crippen LogP contribution in [0.15, 0.2) is 11.8 Å². The molecule has 0 radical (unpaired) electrons. The van der Waals surface area contributed by atoms with Crippen molar-refractivity contribution in [3.63, 3.8) is 0 Å². The van der Waals surface area contributed by atoms with E-state index < -0.39 is 0 Å². The molecule has 1 aliphatic carbocycles. The number of ether oxygens (including phenoxy) is 1. The Morgan fingerprint density at radius 3 is 2.72 bits per heavy atom. The third kappa shape index (κ3) is 4.87. The monoisotopic (exact) mass is 268 g/mol. The summed E-state index contributed by atoms with van der Waals surface area (Å²) in [6, 6.07) is 0. The zero-order chi connectivity index (χ0) is 12.7. The van der Waals surface area contributed by atoms with E-state index in [0.29, 0.717) is 4.75 Å². The Morgan fingerprint density at radius 2 is 1.89 bits per heavy atom. The summed E-state index contributed by atoms with van der Waals surface area (Å²) in [6.45, 7) is 3.34. The van der Waals surface area contributed by atoms with Crippen molar-refractivity contribution < 1.29 is 4.74 Å². The van der Waals surface area contributed by atoms with Crippen molar-refractivity contribution in [1.29, 1.82) is 0 Å². The van der Waals surface area contributed by atoms with Gasteiger partial charge in [0, 0.05) is 4.75 Å². The highest BCUT2D eigenvalue weighted by Gasteiger charge is 2.25. The van der Waals surface area contributed by atoms with E-state index >= 15 is 0 Å². The van der Waals surface area contributed by atoms with Gasteiger partial charge >= 0.3 is 0 Å². The molecular formula is C16H28OS. The van der Waals surface area contributed by atoms with Crippen LogP contribution in [0.2, 0.25) is 0 Å². The quantitative estimate of drug-likeness (QED) is 0.505. The van der Waals surface area contributed by atoms with Crippen molar-refractivity contribution in [2.24, 2.45) is 0 Å². The fraction of sp³-hybridized carbons (Fsp3) is 0.875. The molecule has 1 heterocycles. The molecule has 2 heteroatoms. The van der Waals surface area contributed by atoms with Gasteiger partial charge in [0.1, 0.15) is 0 Å². The van der Waals surface area contributed by atoms with Gasteiger partial charge in [-0.05, 0) is 56.3 Å². The van der Waals surface area contributed by atoms with Crippen molar-refractivity contribution in [2.45, 2.75) is 75.9 Å². The summed E-state index contributed by atoms with van der Waals surface area (Å²) in [7, 11) is 0. The number of rotatable bonds is 4. The lowest BCUT2D eigenvalue weighted by molar-refractivity contribution is 0.224. The summed E-state index contributed by atoms with van der Waals surface area (Å²) in [5.41, 5.74) is 1.54. The van der Waals surface area contributed by atoms with Crippen molar-refractivity contribution in [1.82, 2.24) is 0 Å².